The van der Waals surface area contributed by atoms with E-state index >= 15 is 0 Å². The van der Waals surface area contributed by atoms with Crippen LogP contribution in [0.5, 0.6) is 0 Å². The van der Waals surface area contributed by atoms with Crippen molar-refractivity contribution in [2.24, 2.45) is 5.73 Å². The molecule has 9 heavy (non-hydrogen) atoms. The Morgan fingerprint density at radius 3 is 2.56 bits per heavy atom. The van der Waals surface area contributed by atoms with Crippen LogP contribution in [0.4, 0.5) is 0 Å². The zero-order valence-electron chi connectivity index (χ0n) is 5.10. The first kappa shape index (κ1) is 7.25. The highest BCUT2D eigenvalue weighted by Gasteiger charge is 2.00. The molecule has 0 aliphatic heterocycles. The Kier molecular flexibility index (Phi) is 2.27. The molecule has 1 heterocycles. The fraction of sp³-hybridized carbons (Fsp3) is 0.333. The summed E-state index contributed by atoms with van der Waals surface area (Å²) < 4.78 is 1.15. The molecule has 0 bridgehead atoms. The van der Waals surface area contributed by atoms with Gasteiger partial charge in [-0.1, -0.05) is 0 Å². The van der Waals surface area contributed by atoms with Crippen LogP contribution in [0.2, 0.25) is 0 Å². The van der Waals surface area contributed by atoms with Gasteiger partial charge < -0.3 is 5.73 Å². The Morgan fingerprint density at radius 2 is 2.33 bits per heavy atom. The van der Waals surface area contributed by atoms with E-state index in [1.54, 1.807) is 11.3 Å². The van der Waals surface area contributed by atoms with Gasteiger partial charge in [-0.25, -0.2) is 0 Å². The van der Waals surface area contributed by atoms with E-state index in [4.69, 9.17) is 5.73 Å². The van der Waals surface area contributed by atoms with Crippen molar-refractivity contribution in [1.82, 2.24) is 0 Å². The maximum absolute atomic E-state index is 5.62. The highest BCUT2D eigenvalue weighted by molar-refractivity contribution is 9.11. The molecule has 1 nitrogen and oxygen atoms in total. The molecule has 0 spiro atoms. The van der Waals surface area contributed by atoms with Gasteiger partial charge in [-0.3, -0.25) is 0 Å². The second-order valence-electron chi connectivity index (χ2n) is 1.93. The Labute approximate surface area is 67.0 Å². The summed E-state index contributed by atoms with van der Waals surface area (Å²) in [5.74, 6) is 0. The number of hydrogen-bond acceptors (Lipinski definition) is 2. The summed E-state index contributed by atoms with van der Waals surface area (Å²) in [5, 5.41) is 0. The van der Waals surface area contributed by atoms with Gasteiger partial charge in [-0.2, -0.15) is 0 Å². The molecule has 3 heteroatoms. The third-order valence-electron chi connectivity index (χ3n) is 1.04. The SMILES string of the molecule is C[C@@H](N)c1ccc(Br)s1. The van der Waals surface area contributed by atoms with Gasteiger partial charge in [0.15, 0.2) is 0 Å². The number of halogens is 1. The van der Waals surface area contributed by atoms with Gasteiger partial charge in [-0.15, -0.1) is 11.3 Å². The van der Waals surface area contributed by atoms with Gasteiger partial charge in [0.2, 0.25) is 0 Å². The van der Waals surface area contributed by atoms with Crippen LogP contribution in [-0.4, -0.2) is 0 Å². The summed E-state index contributed by atoms with van der Waals surface area (Å²) in [7, 11) is 0. The normalized spacial score (nSPS) is 13.7. The van der Waals surface area contributed by atoms with Gasteiger partial charge in [0.25, 0.3) is 0 Å². The quantitative estimate of drug-likeness (QED) is 0.750. The average molecular weight is 206 g/mol. The molecule has 1 atom stereocenters. The van der Waals surface area contributed by atoms with Crippen molar-refractivity contribution in [3.8, 4) is 0 Å². The van der Waals surface area contributed by atoms with Crippen LogP contribution in [0, 0.1) is 0 Å². The molecule has 0 aromatic carbocycles. The lowest BCUT2D eigenvalue weighted by Crippen LogP contribution is -2.01. The predicted molar refractivity (Wildman–Crippen MR) is 44.6 cm³/mol. The van der Waals surface area contributed by atoms with Crippen LogP contribution in [0.25, 0.3) is 0 Å². The maximum atomic E-state index is 5.62. The van der Waals surface area contributed by atoms with Gasteiger partial charge in [0.05, 0.1) is 3.79 Å². The van der Waals surface area contributed by atoms with Crippen molar-refractivity contribution >= 4 is 27.3 Å². The highest BCUT2D eigenvalue weighted by Crippen LogP contribution is 2.25. The van der Waals surface area contributed by atoms with E-state index in [1.165, 1.54) is 4.88 Å². The van der Waals surface area contributed by atoms with Gasteiger partial charge in [0, 0.05) is 10.9 Å². The molecule has 0 fully saturated rings. The van der Waals surface area contributed by atoms with Gasteiger partial charge in [-0.05, 0) is 35.0 Å². The molecule has 0 aliphatic rings. The number of rotatable bonds is 1. The summed E-state index contributed by atoms with van der Waals surface area (Å²) >= 11 is 5.05. The van der Waals surface area contributed by atoms with E-state index in [2.05, 4.69) is 15.9 Å². The van der Waals surface area contributed by atoms with E-state index in [-0.39, 0.29) is 6.04 Å². The van der Waals surface area contributed by atoms with E-state index in [9.17, 15) is 0 Å². The molecule has 1 rings (SSSR count). The zero-order valence-corrected chi connectivity index (χ0v) is 7.50. The Morgan fingerprint density at radius 1 is 1.67 bits per heavy atom. The largest absolute Gasteiger partial charge is 0.324 e. The third kappa shape index (κ3) is 1.78. The molecule has 0 radical (unpaired) electrons. The summed E-state index contributed by atoms with van der Waals surface area (Å²) in [5.41, 5.74) is 5.62. The van der Waals surface area contributed by atoms with Crippen LogP contribution >= 0.6 is 27.3 Å². The van der Waals surface area contributed by atoms with Crippen molar-refractivity contribution in [2.75, 3.05) is 0 Å². The molecule has 0 amide bonds. The lowest BCUT2D eigenvalue weighted by Gasteiger charge is -1.96. The summed E-state index contributed by atoms with van der Waals surface area (Å²) in [6.07, 6.45) is 0. The number of hydrogen-bond donors (Lipinski definition) is 1. The lowest BCUT2D eigenvalue weighted by molar-refractivity contribution is 0.838. The van der Waals surface area contributed by atoms with Crippen LogP contribution < -0.4 is 5.73 Å². The summed E-state index contributed by atoms with van der Waals surface area (Å²) in [6, 6.07) is 4.23. The molecule has 0 saturated heterocycles. The molecule has 0 saturated carbocycles. The van der Waals surface area contributed by atoms with E-state index in [0.29, 0.717) is 0 Å². The fourth-order valence-corrected chi connectivity index (χ4v) is 1.95. The van der Waals surface area contributed by atoms with Crippen LogP contribution in [-0.2, 0) is 0 Å². The van der Waals surface area contributed by atoms with Gasteiger partial charge in [0.1, 0.15) is 0 Å². The Bertz CT molecular complexity index is 195. The molecule has 0 aliphatic carbocycles. The minimum Gasteiger partial charge on any atom is -0.324 e. The Hall–Kier alpha value is 0.140. The smallest absolute Gasteiger partial charge is 0.0701 e. The minimum absolute atomic E-state index is 0.168. The maximum Gasteiger partial charge on any atom is 0.0701 e. The molecule has 0 unspecified atom stereocenters. The van der Waals surface area contributed by atoms with E-state index in [0.717, 1.165) is 3.79 Å². The van der Waals surface area contributed by atoms with Crippen molar-refractivity contribution in [3.63, 3.8) is 0 Å². The first-order chi connectivity index (χ1) is 4.20. The van der Waals surface area contributed by atoms with Crippen LogP contribution in [0.1, 0.15) is 17.8 Å². The van der Waals surface area contributed by atoms with Crippen LogP contribution in [0.15, 0.2) is 15.9 Å². The summed E-state index contributed by atoms with van der Waals surface area (Å²) in [6.45, 7) is 1.98. The van der Waals surface area contributed by atoms with E-state index in [1.807, 2.05) is 19.1 Å². The van der Waals surface area contributed by atoms with Crippen molar-refractivity contribution in [3.05, 3.63) is 20.8 Å². The second kappa shape index (κ2) is 2.82. The molecule has 1 aromatic heterocycles. The van der Waals surface area contributed by atoms with Crippen molar-refractivity contribution in [2.45, 2.75) is 13.0 Å². The van der Waals surface area contributed by atoms with Crippen molar-refractivity contribution in [1.29, 1.82) is 0 Å². The molecule has 2 N–H and O–H groups in total. The minimum atomic E-state index is 0.168. The monoisotopic (exact) mass is 205 g/mol. The topological polar surface area (TPSA) is 26.0 Å². The lowest BCUT2D eigenvalue weighted by atomic mass is 10.3. The number of thiophene rings is 1. The Balaban J connectivity index is 2.85. The predicted octanol–water partition coefficient (Wildman–Crippen LogP) is 2.53. The summed E-state index contributed by atoms with van der Waals surface area (Å²) in [4.78, 5) is 1.22. The van der Waals surface area contributed by atoms with E-state index < -0.39 is 0 Å². The van der Waals surface area contributed by atoms with Gasteiger partial charge >= 0.3 is 0 Å². The first-order valence-electron chi connectivity index (χ1n) is 2.71. The molecule has 1 aromatic rings. The molecular formula is C6H8BrNS. The fourth-order valence-electron chi connectivity index (χ4n) is 0.573. The highest BCUT2D eigenvalue weighted by atomic mass is 79.9. The second-order valence-corrected chi connectivity index (χ2v) is 4.43. The zero-order chi connectivity index (χ0) is 6.85. The van der Waals surface area contributed by atoms with Crippen LogP contribution in [0.3, 0.4) is 0 Å². The van der Waals surface area contributed by atoms with Crippen molar-refractivity contribution < 1.29 is 0 Å². The molecule has 50 valence electrons. The molecular weight excluding hydrogens is 198 g/mol. The standard InChI is InChI=1S/C6H8BrNS/c1-4(8)5-2-3-6(7)9-5/h2-4H,8H2,1H3/t4-/m1/s1. The average Bonchev–Trinajstić information content (AvgIpc) is 2.14. The third-order valence-corrected chi connectivity index (χ3v) is 2.87. The number of nitrogens with two attached hydrogens (primary N) is 1. The first-order valence-corrected chi connectivity index (χ1v) is 4.32.